The molecule has 2 N–H and O–H groups in total. The van der Waals surface area contributed by atoms with Crippen molar-refractivity contribution < 1.29 is 9.90 Å². The molecule has 0 radical (unpaired) electrons. The molecule has 3 aromatic carbocycles. The summed E-state index contributed by atoms with van der Waals surface area (Å²) in [6.07, 6.45) is 0.875. The first kappa shape index (κ1) is 18.4. The third kappa shape index (κ3) is 5.59. The molecule has 0 heterocycles. The van der Waals surface area contributed by atoms with Crippen molar-refractivity contribution in [2.45, 2.75) is 13.3 Å². The van der Waals surface area contributed by atoms with Crippen LogP contribution in [0.4, 0.5) is 5.69 Å². The van der Waals surface area contributed by atoms with E-state index in [1.807, 2.05) is 79.7 Å². The number of para-hydroxylation sites is 1. The molecule has 25 heavy (non-hydrogen) atoms. The van der Waals surface area contributed by atoms with Crippen molar-refractivity contribution in [3.05, 3.63) is 90.5 Å². The largest absolute Gasteiger partial charge is 0.396 e. The molecule has 0 fully saturated rings. The number of aliphatic hydroxyl groups excluding tert-OH is 1. The molecule has 3 aromatic rings. The molecule has 0 aliphatic carbocycles. The van der Waals surface area contributed by atoms with Crippen LogP contribution < -0.4 is 5.32 Å². The first-order valence-electron chi connectivity index (χ1n) is 8.38. The van der Waals surface area contributed by atoms with Gasteiger partial charge in [0.25, 0.3) is 5.91 Å². The van der Waals surface area contributed by atoms with Gasteiger partial charge < -0.3 is 10.4 Å². The fourth-order valence-corrected chi connectivity index (χ4v) is 2.25. The fourth-order valence-electron chi connectivity index (χ4n) is 2.25. The molecule has 0 aromatic heterocycles. The Morgan fingerprint density at radius 3 is 1.96 bits per heavy atom. The molecular weight excluding hydrogens is 310 g/mol. The van der Waals surface area contributed by atoms with Gasteiger partial charge in [0, 0.05) is 23.4 Å². The van der Waals surface area contributed by atoms with Crippen molar-refractivity contribution >= 4 is 11.6 Å². The number of hydrogen-bond acceptors (Lipinski definition) is 2. The Balaban J connectivity index is 0.000000511. The maximum atomic E-state index is 12.3. The predicted molar refractivity (Wildman–Crippen MR) is 104 cm³/mol. The summed E-state index contributed by atoms with van der Waals surface area (Å²) in [5.74, 6) is -0.0982. The molecule has 0 aliphatic rings. The summed E-state index contributed by atoms with van der Waals surface area (Å²) in [7, 11) is 0. The maximum Gasteiger partial charge on any atom is 0.255 e. The van der Waals surface area contributed by atoms with Crippen LogP contribution in [-0.4, -0.2) is 17.6 Å². The van der Waals surface area contributed by atoms with Crippen molar-refractivity contribution in [1.29, 1.82) is 0 Å². The molecule has 128 valence electrons. The lowest BCUT2D eigenvalue weighted by molar-refractivity contribution is 0.102. The van der Waals surface area contributed by atoms with E-state index >= 15 is 0 Å². The number of carbonyl (C=O) groups is 1. The predicted octanol–water partition coefficient (Wildman–Crippen LogP) is 4.99. The van der Waals surface area contributed by atoms with Crippen molar-refractivity contribution in [3.63, 3.8) is 0 Å². The van der Waals surface area contributed by atoms with Crippen LogP contribution in [-0.2, 0) is 0 Å². The van der Waals surface area contributed by atoms with Crippen LogP contribution in [0.5, 0.6) is 0 Å². The van der Waals surface area contributed by atoms with Crippen molar-refractivity contribution in [3.8, 4) is 11.1 Å². The van der Waals surface area contributed by atoms with E-state index in [0.29, 0.717) is 12.2 Å². The number of carbonyl (C=O) groups excluding carboxylic acids is 1. The van der Waals surface area contributed by atoms with Crippen LogP contribution in [0, 0.1) is 0 Å². The molecule has 0 saturated carbocycles. The summed E-state index contributed by atoms with van der Waals surface area (Å²) in [4.78, 5) is 12.3. The molecule has 0 bridgehead atoms. The monoisotopic (exact) mass is 333 g/mol. The molecule has 0 atom stereocenters. The van der Waals surface area contributed by atoms with Crippen LogP contribution in [0.2, 0.25) is 0 Å². The second-order valence-corrected chi connectivity index (χ2v) is 5.46. The molecular formula is C22H23NO2. The smallest absolute Gasteiger partial charge is 0.255 e. The van der Waals surface area contributed by atoms with Crippen LogP contribution >= 0.6 is 0 Å². The van der Waals surface area contributed by atoms with Gasteiger partial charge in [-0.2, -0.15) is 0 Å². The highest BCUT2D eigenvalue weighted by Gasteiger charge is 2.09. The quantitative estimate of drug-likeness (QED) is 0.706. The first-order valence-corrected chi connectivity index (χ1v) is 8.38. The lowest BCUT2D eigenvalue weighted by Gasteiger charge is -2.11. The maximum absolute atomic E-state index is 12.3. The van der Waals surface area contributed by atoms with Gasteiger partial charge in [-0.05, 0) is 30.2 Å². The number of hydrogen-bond donors (Lipinski definition) is 2. The second-order valence-electron chi connectivity index (χ2n) is 5.46. The van der Waals surface area contributed by atoms with Crippen LogP contribution in [0.25, 0.3) is 11.1 Å². The average Bonchev–Trinajstić information content (AvgIpc) is 2.70. The Morgan fingerprint density at radius 2 is 1.36 bits per heavy atom. The topological polar surface area (TPSA) is 49.3 Å². The van der Waals surface area contributed by atoms with Gasteiger partial charge in [0.1, 0.15) is 0 Å². The number of anilines is 1. The average molecular weight is 333 g/mol. The van der Waals surface area contributed by atoms with E-state index in [-0.39, 0.29) is 5.91 Å². The van der Waals surface area contributed by atoms with E-state index in [2.05, 4.69) is 5.32 Å². The normalized spacial score (nSPS) is 9.68. The minimum absolute atomic E-state index is 0.0982. The summed E-state index contributed by atoms with van der Waals surface area (Å²) in [5.41, 5.74) is 3.57. The molecule has 3 heteroatoms. The molecule has 3 rings (SSSR count). The van der Waals surface area contributed by atoms with Gasteiger partial charge in [-0.15, -0.1) is 0 Å². The summed E-state index contributed by atoms with van der Waals surface area (Å²) in [5, 5.41) is 10.9. The van der Waals surface area contributed by atoms with E-state index in [0.717, 1.165) is 23.2 Å². The Labute approximate surface area is 149 Å². The van der Waals surface area contributed by atoms with Gasteiger partial charge in [0.2, 0.25) is 0 Å². The minimum Gasteiger partial charge on any atom is -0.396 e. The second kappa shape index (κ2) is 10.1. The van der Waals surface area contributed by atoms with Crippen molar-refractivity contribution in [1.82, 2.24) is 0 Å². The Bertz CT molecular complexity index is 768. The molecule has 0 saturated heterocycles. The molecule has 0 aliphatic heterocycles. The van der Waals surface area contributed by atoms with Gasteiger partial charge in [-0.1, -0.05) is 73.7 Å². The third-order valence-corrected chi connectivity index (χ3v) is 3.52. The van der Waals surface area contributed by atoms with E-state index in [1.54, 1.807) is 12.1 Å². The van der Waals surface area contributed by atoms with Crippen molar-refractivity contribution in [2.24, 2.45) is 0 Å². The Hall–Kier alpha value is -2.91. The number of rotatable bonds is 4. The van der Waals surface area contributed by atoms with E-state index in [1.165, 1.54) is 0 Å². The van der Waals surface area contributed by atoms with Gasteiger partial charge in [-0.3, -0.25) is 4.79 Å². The van der Waals surface area contributed by atoms with Gasteiger partial charge in [0.15, 0.2) is 0 Å². The minimum atomic E-state index is -0.0982. The van der Waals surface area contributed by atoms with Crippen LogP contribution in [0.1, 0.15) is 23.7 Å². The first-order chi connectivity index (χ1) is 12.3. The number of aliphatic hydroxyl groups is 1. The fraction of sp³-hybridized carbons (Fsp3) is 0.136. The van der Waals surface area contributed by atoms with E-state index in [4.69, 9.17) is 5.11 Å². The Kier molecular flexibility index (Phi) is 7.41. The Morgan fingerprint density at radius 1 is 0.840 bits per heavy atom. The summed E-state index contributed by atoms with van der Waals surface area (Å²) in [6.45, 7) is 2.25. The standard InChI is InChI=1S/C19H15NO.C3H8O/c21-19(16-11-5-2-6-12-16)20-18-14-8-7-13-17(18)15-9-3-1-4-10-15;1-2-3-4/h1-14H,(H,20,21);4H,2-3H2,1H3. The zero-order valence-electron chi connectivity index (χ0n) is 14.4. The molecule has 1 amide bonds. The highest BCUT2D eigenvalue weighted by Crippen LogP contribution is 2.27. The lowest BCUT2D eigenvalue weighted by atomic mass is 10.0. The lowest BCUT2D eigenvalue weighted by Crippen LogP contribution is -2.12. The van der Waals surface area contributed by atoms with Gasteiger partial charge in [-0.25, -0.2) is 0 Å². The highest BCUT2D eigenvalue weighted by molar-refractivity contribution is 6.06. The van der Waals surface area contributed by atoms with E-state index < -0.39 is 0 Å². The summed E-state index contributed by atoms with van der Waals surface area (Å²) in [6, 6.07) is 27.1. The number of amides is 1. The van der Waals surface area contributed by atoms with E-state index in [9.17, 15) is 4.79 Å². The van der Waals surface area contributed by atoms with Gasteiger partial charge >= 0.3 is 0 Å². The molecule has 0 unspecified atom stereocenters. The zero-order chi connectivity index (χ0) is 17.9. The van der Waals surface area contributed by atoms with Crippen LogP contribution in [0.15, 0.2) is 84.9 Å². The SMILES string of the molecule is CCCO.O=C(Nc1ccccc1-c1ccccc1)c1ccccc1. The zero-order valence-corrected chi connectivity index (χ0v) is 14.4. The number of benzene rings is 3. The summed E-state index contributed by atoms with van der Waals surface area (Å²) >= 11 is 0. The van der Waals surface area contributed by atoms with Gasteiger partial charge in [0.05, 0.1) is 0 Å². The van der Waals surface area contributed by atoms with Crippen molar-refractivity contribution in [2.75, 3.05) is 11.9 Å². The number of nitrogens with one attached hydrogen (secondary N) is 1. The summed E-state index contributed by atoms with van der Waals surface area (Å²) < 4.78 is 0. The third-order valence-electron chi connectivity index (χ3n) is 3.52. The molecule has 3 nitrogen and oxygen atoms in total. The van der Waals surface area contributed by atoms with Crippen LogP contribution in [0.3, 0.4) is 0 Å². The highest BCUT2D eigenvalue weighted by atomic mass is 16.2. The molecule has 0 spiro atoms.